The fourth-order valence-corrected chi connectivity index (χ4v) is 2.99. The number of nitrogens with zero attached hydrogens (tertiary/aromatic N) is 1. The van der Waals surface area contributed by atoms with Gasteiger partial charge in [0, 0.05) is 26.6 Å². The normalized spacial score (nSPS) is 18.1. The van der Waals surface area contributed by atoms with Gasteiger partial charge in [0.2, 0.25) is 0 Å². The molecule has 0 N–H and O–H groups in total. The molecule has 0 atom stereocenters. The van der Waals surface area contributed by atoms with Crippen molar-refractivity contribution >= 4 is 5.97 Å². The van der Waals surface area contributed by atoms with Crippen molar-refractivity contribution in [3.05, 3.63) is 35.9 Å². The van der Waals surface area contributed by atoms with Crippen molar-refractivity contribution in [3.63, 3.8) is 0 Å². The third kappa shape index (κ3) is 5.43. The highest BCUT2D eigenvalue weighted by atomic mass is 16.6. The standard InChI is InChI=1S/C18H27NO3/c1-16(20)22-18(10-12-19(2)13-11-18)9-6-14-21-15-17-7-4-3-5-8-17/h3-5,7-8H,6,9-15H2,1-2H3. The Labute approximate surface area is 133 Å². The molecule has 1 aliphatic rings. The lowest BCUT2D eigenvalue weighted by molar-refractivity contribution is -0.163. The Balaban J connectivity index is 1.73. The fraction of sp³-hybridized carbons (Fsp3) is 0.611. The molecule has 0 spiro atoms. The Morgan fingerprint density at radius 3 is 2.55 bits per heavy atom. The van der Waals surface area contributed by atoms with E-state index in [9.17, 15) is 4.79 Å². The average molecular weight is 305 g/mol. The highest BCUT2D eigenvalue weighted by Crippen LogP contribution is 2.31. The number of esters is 1. The first-order chi connectivity index (χ1) is 10.6. The first-order valence-corrected chi connectivity index (χ1v) is 8.09. The molecular weight excluding hydrogens is 278 g/mol. The van der Waals surface area contributed by atoms with Crippen LogP contribution < -0.4 is 0 Å². The van der Waals surface area contributed by atoms with Crippen LogP contribution in [0.1, 0.15) is 38.2 Å². The number of hydrogen-bond donors (Lipinski definition) is 0. The molecule has 0 aliphatic carbocycles. The van der Waals surface area contributed by atoms with E-state index in [0.717, 1.165) is 38.8 Å². The minimum atomic E-state index is -0.283. The maximum absolute atomic E-state index is 11.4. The van der Waals surface area contributed by atoms with Gasteiger partial charge in [-0.3, -0.25) is 4.79 Å². The molecule has 1 saturated heterocycles. The number of piperidine rings is 1. The predicted molar refractivity (Wildman–Crippen MR) is 86.6 cm³/mol. The molecule has 0 saturated carbocycles. The Morgan fingerprint density at radius 1 is 1.23 bits per heavy atom. The number of carbonyl (C=O) groups excluding carboxylic acids is 1. The van der Waals surface area contributed by atoms with Crippen molar-refractivity contribution in [2.75, 3.05) is 26.7 Å². The highest BCUT2D eigenvalue weighted by molar-refractivity contribution is 5.66. The summed E-state index contributed by atoms with van der Waals surface area (Å²) in [7, 11) is 2.11. The number of carbonyl (C=O) groups is 1. The van der Waals surface area contributed by atoms with Crippen LogP contribution in [-0.4, -0.2) is 43.2 Å². The highest BCUT2D eigenvalue weighted by Gasteiger charge is 2.36. The first-order valence-electron chi connectivity index (χ1n) is 8.09. The molecule has 1 heterocycles. The lowest BCUT2D eigenvalue weighted by Gasteiger charge is -2.40. The summed E-state index contributed by atoms with van der Waals surface area (Å²) < 4.78 is 11.4. The van der Waals surface area contributed by atoms with Crippen LogP contribution in [0.5, 0.6) is 0 Å². The van der Waals surface area contributed by atoms with Gasteiger partial charge in [0.1, 0.15) is 5.60 Å². The molecule has 2 rings (SSSR count). The summed E-state index contributed by atoms with van der Waals surface area (Å²) in [5, 5.41) is 0. The fourth-order valence-electron chi connectivity index (χ4n) is 2.99. The Kier molecular flexibility index (Phi) is 6.40. The molecule has 4 nitrogen and oxygen atoms in total. The average Bonchev–Trinajstić information content (AvgIpc) is 2.50. The zero-order chi connectivity index (χ0) is 15.8. The molecule has 1 fully saturated rings. The van der Waals surface area contributed by atoms with Crippen LogP contribution >= 0.6 is 0 Å². The van der Waals surface area contributed by atoms with Crippen molar-refractivity contribution in [2.24, 2.45) is 0 Å². The van der Waals surface area contributed by atoms with Gasteiger partial charge in [-0.1, -0.05) is 30.3 Å². The van der Waals surface area contributed by atoms with E-state index >= 15 is 0 Å². The molecule has 1 aliphatic heterocycles. The van der Waals surface area contributed by atoms with Crippen molar-refractivity contribution in [3.8, 4) is 0 Å². The molecule has 0 unspecified atom stereocenters. The number of likely N-dealkylation sites (tertiary alicyclic amines) is 1. The summed E-state index contributed by atoms with van der Waals surface area (Å²) in [6.07, 6.45) is 3.64. The topological polar surface area (TPSA) is 38.8 Å². The number of rotatable bonds is 7. The van der Waals surface area contributed by atoms with Crippen molar-refractivity contribution in [2.45, 2.75) is 44.8 Å². The predicted octanol–water partition coefficient (Wildman–Crippen LogP) is 3.01. The largest absolute Gasteiger partial charge is 0.459 e. The number of ether oxygens (including phenoxy) is 2. The second kappa shape index (κ2) is 8.30. The smallest absolute Gasteiger partial charge is 0.303 e. The van der Waals surface area contributed by atoms with Crippen LogP contribution in [0.3, 0.4) is 0 Å². The van der Waals surface area contributed by atoms with E-state index in [4.69, 9.17) is 9.47 Å². The molecule has 0 amide bonds. The second-order valence-electron chi connectivity index (χ2n) is 6.22. The monoisotopic (exact) mass is 305 g/mol. The summed E-state index contributed by atoms with van der Waals surface area (Å²) >= 11 is 0. The van der Waals surface area contributed by atoms with E-state index < -0.39 is 0 Å². The van der Waals surface area contributed by atoms with Gasteiger partial charge in [0.15, 0.2) is 0 Å². The zero-order valence-electron chi connectivity index (χ0n) is 13.7. The van der Waals surface area contributed by atoms with Crippen LogP contribution in [0.4, 0.5) is 0 Å². The van der Waals surface area contributed by atoms with Gasteiger partial charge in [-0.05, 0) is 38.3 Å². The zero-order valence-corrected chi connectivity index (χ0v) is 13.7. The van der Waals surface area contributed by atoms with Gasteiger partial charge < -0.3 is 14.4 Å². The van der Waals surface area contributed by atoms with E-state index in [-0.39, 0.29) is 11.6 Å². The van der Waals surface area contributed by atoms with E-state index in [0.29, 0.717) is 13.2 Å². The van der Waals surface area contributed by atoms with Crippen LogP contribution in [0.25, 0.3) is 0 Å². The summed E-state index contributed by atoms with van der Waals surface area (Å²) in [5.41, 5.74) is 0.908. The molecule has 1 aromatic carbocycles. The molecule has 122 valence electrons. The SMILES string of the molecule is CC(=O)OC1(CCCOCc2ccccc2)CCN(C)CC1. The maximum atomic E-state index is 11.4. The molecular formula is C18H27NO3. The lowest BCUT2D eigenvalue weighted by atomic mass is 9.87. The third-order valence-electron chi connectivity index (χ3n) is 4.29. The summed E-state index contributed by atoms with van der Waals surface area (Å²) in [4.78, 5) is 13.7. The number of hydrogen-bond acceptors (Lipinski definition) is 4. The first kappa shape index (κ1) is 17.0. The molecule has 1 aromatic rings. The van der Waals surface area contributed by atoms with Gasteiger partial charge in [0.25, 0.3) is 0 Å². The van der Waals surface area contributed by atoms with Crippen molar-refractivity contribution < 1.29 is 14.3 Å². The molecule has 4 heteroatoms. The van der Waals surface area contributed by atoms with Gasteiger partial charge in [-0.25, -0.2) is 0 Å². The van der Waals surface area contributed by atoms with E-state index in [1.807, 2.05) is 18.2 Å². The Hall–Kier alpha value is -1.39. The van der Waals surface area contributed by atoms with E-state index in [1.165, 1.54) is 12.5 Å². The van der Waals surface area contributed by atoms with Crippen LogP contribution in [0.2, 0.25) is 0 Å². The molecule has 0 bridgehead atoms. The molecule has 22 heavy (non-hydrogen) atoms. The summed E-state index contributed by atoms with van der Waals surface area (Å²) in [5.74, 6) is -0.172. The maximum Gasteiger partial charge on any atom is 0.303 e. The van der Waals surface area contributed by atoms with E-state index in [2.05, 4.69) is 24.1 Å². The third-order valence-corrected chi connectivity index (χ3v) is 4.29. The van der Waals surface area contributed by atoms with Crippen molar-refractivity contribution in [1.29, 1.82) is 0 Å². The van der Waals surface area contributed by atoms with E-state index in [1.54, 1.807) is 0 Å². The Bertz CT molecular complexity index is 453. The number of benzene rings is 1. The van der Waals surface area contributed by atoms with Crippen LogP contribution in [-0.2, 0) is 20.9 Å². The van der Waals surface area contributed by atoms with Crippen LogP contribution in [0.15, 0.2) is 30.3 Å². The van der Waals surface area contributed by atoms with Gasteiger partial charge in [-0.15, -0.1) is 0 Å². The Morgan fingerprint density at radius 2 is 1.91 bits per heavy atom. The quantitative estimate of drug-likeness (QED) is 0.573. The molecule has 0 aromatic heterocycles. The summed E-state index contributed by atoms with van der Waals surface area (Å²) in [6, 6.07) is 10.2. The second-order valence-corrected chi connectivity index (χ2v) is 6.22. The molecule has 0 radical (unpaired) electrons. The minimum Gasteiger partial charge on any atom is -0.459 e. The van der Waals surface area contributed by atoms with Gasteiger partial charge in [-0.2, -0.15) is 0 Å². The summed E-state index contributed by atoms with van der Waals surface area (Å²) in [6.45, 7) is 4.82. The van der Waals surface area contributed by atoms with Gasteiger partial charge >= 0.3 is 5.97 Å². The lowest BCUT2D eigenvalue weighted by Crippen LogP contribution is -2.45. The van der Waals surface area contributed by atoms with Crippen molar-refractivity contribution in [1.82, 2.24) is 4.90 Å². The van der Waals surface area contributed by atoms with Crippen LogP contribution in [0, 0.1) is 0 Å². The van der Waals surface area contributed by atoms with Gasteiger partial charge in [0.05, 0.1) is 6.61 Å². The minimum absolute atomic E-state index is 0.172.